The number of hydrogen-bond donors (Lipinski definition) is 0. The Balaban J connectivity index is 2.55. The van der Waals surface area contributed by atoms with E-state index in [1.54, 1.807) is 12.5 Å². The fourth-order valence-corrected chi connectivity index (χ4v) is 0.749. The van der Waals surface area contributed by atoms with Crippen molar-refractivity contribution >= 4 is 6.21 Å². The zero-order valence-electron chi connectivity index (χ0n) is 8.50. The molecule has 0 fully saturated rings. The Kier molecular flexibility index (Phi) is 2.76. The Morgan fingerprint density at radius 1 is 1.46 bits per heavy atom. The van der Waals surface area contributed by atoms with E-state index >= 15 is 0 Å². The molecule has 0 saturated carbocycles. The number of furan rings is 1. The van der Waals surface area contributed by atoms with Gasteiger partial charge in [0.25, 0.3) is 0 Å². The second-order valence-corrected chi connectivity index (χ2v) is 3.91. The van der Waals surface area contributed by atoms with Gasteiger partial charge in [-0.3, -0.25) is 0 Å². The van der Waals surface area contributed by atoms with Crippen molar-refractivity contribution in [3.63, 3.8) is 0 Å². The van der Waals surface area contributed by atoms with Crippen LogP contribution in [0, 0.1) is 6.92 Å². The lowest BCUT2D eigenvalue weighted by atomic mass is 10.2. The van der Waals surface area contributed by atoms with Crippen LogP contribution in [-0.2, 0) is 4.84 Å². The summed E-state index contributed by atoms with van der Waals surface area (Å²) >= 11 is 0. The van der Waals surface area contributed by atoms with Crippen LogP contribution in [0.25, 0.3) is 0 Å². The van der Waals surface area contributed by atoms with Crippen molar-refractivity contribution in [2.24, 2.45) is 5.16 Å². The van der Waals surface area contributed by atoms with Gasteiger partial charge in [0.05, 0.1) is 6.26 Å². The minimum atomic E-state index is -0.253. The van der Waals surface area contributed by atoms with Gasteiger partial charge in [-0.1, -0.05) is 5.16 Å². The molecule has 0 saturated heterocycles. The normalized spacial score (nSPS) is 12.3. The van der Waals surface area contributed by atoms with E-state index in [1.807, 2.05) is 33.8 Å². The van der Waals surface area contributed by atoms with Gasteiger partial charge < -0.3 is 9.25 Å². The summed E-state index contributed by atoms with van der Waals surface area (Å²) in [5, 5.41) is 3.83. The Labute approximate surface area is 78.4 Å². The summed E-state index contributed by atoms with van der Waals surface area (Å²) < 4.78 is 5.15. The van der Waals surface area contributed by atoms with Crippen molar-refractivity contribution in [1.29, 1.82) is 0 Å². The van der Waals surface area contributed by atoms with Gasteiger partial charge in [-0.15, -0.1) is 0 Å². The number of oxime groups is 1. The Morgan fingerprint density at radius 2 is 2.15 bits per heavy atom. The molecule has 1 aromatic heterocycles. The maximum absolute atomic E-state index is 5.17. The summed E-state index contributed by atoms with van der Waals surface area (Å²) in [7, 11) is 0. The van der Waals surface area contributed by atoms with E-state index in [9.17, 15) is 0 Å². The monoisotopic (exact) mass is 181 g/mol. The first-order chi connectivity index (χ1) is 5.99. The van der Waals surface area contributed by atoms with E-state index in [4.69, 9.17) is 9.25 Å². The second-order valence-electron chi connectivity index (χ2n) is 3.91. The minimum Gasteiger partial charge on any atom is -0.463 e. The molecule has 0 atom stereocenters. The highest BCUT2D eigenvalue weighted by Gasteiger charge is 2.09. The lowest BCUT2D eigenvalue weighted by molar-refractivity contribution is 0.00184. The molecule has 0 spiro atoms. The zero-order chi connectivity index (χ0) is 9.90. The van der Waals surface area contributed by atoms with Crippen LogP contribution in [0.2, 0.25) is 0 Å². The summed E-state index contributed by atoms with van der Waals surface area (Å²) in [6.07, 6.45) is 3.22. The van der Waals surface area contributed by atoms with Gasteiger partial charge in [-0.25, -0.2) is 0 Å². The highest BCUT2D eigenvalue weighted by atomic mass is 16.6. The first kappa shape index (κ1) is 9.84. The Hall–Kier alpha value is -1.25. The van der Waals surface area contributed by atoms with Crippen molar-refractivity contribution in [2.75, 3.05) is 0 Å². The molecule has 0 aliphatic heterocycles. The van der Waals surface area contributed by atoms with Crippen molar-refractivity contribution < 1.29 is 9.25 Å². The van der Waals surface area contributed by atoms with E-state index in [0.29, 0.717) is 0 Å². The lowest BCUT2D eigenvalue weighted by Crippen LogP contribution is -2.15. The van der Waals surface area contributed by atoms with Crippen LogP contribution in [0.15, 0.2) is 21.9 Å². The number of hydrogen-bond acceptors (Lipinski definition) is 3. The molecule has 0 unspecified atom stereocenters. The van der Waals surface area contributed by atoms with Crippen LogP contribution < -0.4 is 0 Å². The maximum Gasteiger partial charge on any atom is 0.151 e. The lowest BCUT2D eigenvalue weighted by Gasteiger charge is -2.14. The molecular formula is C10H15NO2. The SMILES string of the molecule is Cc1ccoc1/C=N/OC(C)(C)C. The summed E-state index contributed by atoms with van der Waals surface area (Å²) in [6, 6.07) is 1.89. The average molecular weight is 181 g/mol. The molecule has 1 rings (SSSR count). The topological polar surface area (TPSA) is 34.7 Å². The van der Waals surface area contributed by atoms with Crippen molar-refractivity contribution in [2.45, 2.75) is 33.3 Å². The molecule has 0 aromatic carbocycles. The molecule has 1 aromatic rings. The smallest absolute Gasteiger partial charge is 0.151 e. The molecule has 0 bridgehead atoms. The van der Waals surface area contributed by atoms with E-state index < -0.39 is 0 Å². The number of nitrogens with zero attached hydrogens (tertiary/aromatic N) is 1. The third-order valence-electron chi connectivity index (χ3n) is 1.40. The Morgan fingerprint density at radius 3 is 2.62 bits per heavy atom. The molecule has 3 nitrogen and oxygen atoms in total. The second kappa shape index (κ2) is 3.64. The Bertz CT molecular complexity index is 294. The first-order valence-corrected chi connectivity index (χ1v) is 4.25. The predicted molar refractivity (Wildman–Crippen MR) is 51.9 cm³/mol. The molecule has 3 heteroatoms. The van der Waals surface area contributed by atoms with Crippen molar-refractivity contribution in [1.82, 2.24) is 0 Å². The molecular weight excluding hydrogens is 166 g/mol. The number of rotatable bonds is 2. The van der Waals surface area contributed by atoms with Crippen molar-refractivity contribution in [3.05, 3.63) is 23.7 Å². The molecule has 0 radical (unpaired) electrons. The zero-order valence-corrected chi connectivity index (χ0v) is 8.50. The predicted octanol–water partition coefficient (Wildman–Crippen LogP) is 2.74. The third-order valence-corrected chi connectivity index (χ3v) is 1.40. The summed E-state index contributed by atoms with van der Waals surface area (Å²) in [6.45, 7) is 7.79. The van der Waals surface area contributed by atoms with Crippen molar-refractivity contribution in [3.8, 4) is 0 Å². The van der Waals surface area contributed by atoms with Crippen LogP contribution in [0.4, 0.5) is 0 Å². The third kappa shape index (κ3) is 3.32. The number of aryl methyl sites for hydroxylation is 1. The van der Waals surface area contributed by atoms with E-state index in [-0.39, 0.29) is 5.60 Å². The van der Waals surface area contributed by atoms with Gasteiger partial charge in [-0.05, 0) is 39.3 Å². The standard InChI is InChI=1S/C10H15NO2/c1-8-5-6-12-9(8)7-11-13-10(2,3)4/h5-7H,1-4H3/b11-7+. The molecule has 0 amide bonds. The molecule has 0 aliphatic rings. The summed E-state index contributed by atoms with van der Waals surface area (Å²) in [4.78, 5) is 5.17. The van der Waals surface area contributed by atoms with E-state index in [1.165, 1.54) is 0 Å². The molecule has 0 aliphatic carbocycles. The summed E-state index contributed by atoms with van der Waals surface area (Å²) in [5.74, 6) is 0.740. The largest absolute Gasteiger partial charge is 0.463 e. The highest BCUT2D eigenvalue weighted by molar-refractivity contribution is 5.77. The van der Waals surface area contributed by atoms with Gasteiger partial charge in [0.15, 0.2) is 5.76 Å². The quantitative estimate of drug-likeness (QED) is 0.519. The van der Waals surface area contributed by atoms with E-state index in [0.717, 1.165) is 11.3 Å². The first-order valence-electron chi connectivity index (χ1n) is 4.25. The van der Waals surface area contributed by atoms with Gasteiger partial charge in [0, 0.05) is 0 Å². The van der Waals surface area contributed by atoms with E-state index in [2.05, 4.69) is 5.16 Å². The van der Waals surface area contributed by atoms with Gasteiger partial charge in [-0.2, -0.15) is 0 Å². The van der Waals surface area contributed by atoms with Crippen LogP contribution in [0.3, 0.4) is 0 Å². The fraction of sp³-hybridized carbons (Fsp3) is 0.500. The molecule has 1 heterocycles. The van der Waals surface area contributed by atoms with Gasteiger partial charge >= 0.3 is 0 Å². The van der Waals surface area contributed by atoms with Crippen LogP contribution in [-0.4, -0.2) is 11.8 Å². The summed E-state index contributed by atoms with van der Waals surface area (Å²) in [5.41, 5.74) is 0.804. The molecule has 72 valence electrons. The van der Waals surface area contributed by atoms with Crippen LogP contribution in [0.5, 0.6) is 0 Å². The minimum absolute atomic E-state index is 0.253. The van der Waals surface area contributed by atoms with Crippen LogP contribution in [0.1, 0.15) is 32.1 Å². The average Bonchev–Trinajstić information content (AvgIpc) is 2.34. The molecule has 0 N–H and O–H groups in total. The molecule has 13 heavy (non-hydrogen) atoms. The van der Waals surface area contributed by atoms with Gasteiger partial charge in [0.2, 0.25) is 0 Å². The van der Waals surface area contributed by atoms with Crippen LogP contribution >= 0.6 is 0 Å². The highest BCUT2D eigenvalue weighted by Crippen LogP contribution is 2.09. The fourth-order valence-electron chi connectivity index (χ4n) is 0.749. The maximum atomic E-state index is 5.17. The van der Waals surface area contributed by atoms with Gasteiger partial charge in [0.1, 0.15) is 11.8 Å².